The Morgan fingerprint density at radius 3 is 2.40 bits per heavy atom. The average Bonchev–Trinajstić information content (AvgIpc) is 3.55. The summed E-state index contributed by atoms with van der Waals surface area (Å²) < 4.78 is 68.8. The number of halogens is 1. The summed E-state index contributed by atoms with van der Waals surface area (Å²) in [5.74, 6) is -0.721. The van der Waals surface area contributed by atoms with Crippen molar-refractivity contribution < 1.29 is 30.9 Å². The van der Waals surface area contributed by atoms with Gasteiger partial charge in [-0.25, -0.2) is 26.4 Å². The number of nitrogens with zero attached hydrogens (tertiary/aromatic N) is 2. The molecule has 13 heteroatoms. The van der Waals surface area contributed by atoms with Crippen molar-refractivity contribution in [2.75, 3.05) is 22.9 Å². The highest BCUT2D eigenvalue weighted by molar-refractivity contribution is 7.92. The second-order valence-corrected chi connectivity index (χ2v) is 12.2. The van der Waals surface area contributed by atoms with Crippen LogP contribution in [0.3, 0.4) is 0 Å². The number of anilines is 1. The molecule has 0 amide bonds. The minimum absolute atomic E-state index is 0.00238. The third-order valence-electron chi connectivity index (χ3n) is 5.78. The molecule has 0 radical (unpaired) electrons. The zero-order valence-corrected chi connectivity index (χ0v) is 20.4. The molecule has 0 atom stereocenters. The van der Waals surface area contributed by atoms with Crippen molar-refractivity contribution in [3.05, 3.63) is 53.3 Å². The summed E-state index contributed by atoms with van der Waals surface area (Å²) in [4.78, 5) is 0. The molecule has 1 aliphatic rings. The summed E-state index contributed by atoms with van der Waals surface area (Å²) in [7, 11) is -7.55. The van der Waals surface area contributed by atoms with Gasteiger partial charge in [0.2, 0.25) is 20.0 Å². The average molecular weight is 525 g/mol. The van der Waals surface area contributed by atoms with E-state index in [0.717, 1.165) is 29.0 Å². The first-order valence-electron chi connectivity index (χ1n) is 10.7. The van der Waals surface area contributed by atoms with Crippen LogP contribution in [-0.2, 0) is 20.0 Å². The number of oxime groups is 1. The Balaban J connectivity index is 1.91. The topological polar surface area (TPSA) is 169 Å². The quantitative estimate of drug-likeness (QED) is 0.167. The molecule has 3 aromatic rings. The molecule has 2 aromatic carbocycles. The normalized spacial score (nSPS) is 15.0. The smallest absolute Gasteiger partial charge is 0.232 e. The monoisotopic (exact) mass is 524 g/mol. The van der Waals surface area contributed by atoms with E-state index < -0.39 is 25.9 Å². The van der Waals surface area contributed by atoms with E-state index in [4.69, 9.17) is 15.3 Å². The molecular formula is C22H25FN4O6S2. The van der Waals surface area contributed by atoms with Crippen LogP contribution in [0.15, 0.2) is 46.0 Å². The van der Waals surface area contributed by atoms with Crippen molar-refractivity contribution in [1.29, 1.82) is 0 Å². The molecule has 5 N–H and O–H groups in total. The fourth-order valence-corrected chi connectivity index (χ4v) is 5.58. The summed E-state index contributed by atoms with van der Waals surface area (Å²) in [6.45, 7) is -0.0981. The third kappa shape index (κ3) is 5.41. The Bertz CT molecular complexity index is 1510. The van der Waals surface area contributed by atoms with Crippen LogP contribution in [0.25, 0.3) is 22.3 Å². The molecule has 1 saturated carbocycles. The predicted molar refractivity (Wildman–Crippen MR) is 131 cm³/mol. The number of primary sulfonamides is 1. The third-order valence-corrected chi connectivity index (χ3v) is 7.82. The molecular weight excluding hydrogens is 499 g/mol. The van der Waals surface area contributed by atoms with E-state index in [9.17, 15) is 26.4 Å². The number of furan rings is 1. The lowest BCUT2D eigenvalue weighted by Gasteiger charge is -2.25. The highest BCUT2D eigenvalue weighted by Gasteiger charge is 2.32. The number of fused-ring (bicyclic) bond motifs is 1. The van der Waals surface area contributed by atoms with E-state index in [0.29, 0.717) is 22.2 Å². The van der Waals surface area contributed by atoms with E-state index in [1.54, 1.807) is 12.1 Å². The van der Waals surface area contributed by atoms with Crippen molar-refractivity contribution in [3.63, 3.8) is 0 Å². The van der Waals surface area contributed by atoms with Gasteiger partial charge in [-0.05, 0) is 61.1 Å². The van der Waals surface area contributed by atoms with E-state index in [1.807, 2.05) is 0 Å². The zero-order chi connectivity index (χ0) is 25.5. The Morgan fingerprint density at radius 1 is 1.20 bits per heavy atom. The number of benzene rings is 2. The lowest BCUT2D eigenvalue weighted by Crippen LogP contribution is -2.33. The Kier molecular flexibility index (Phi) is 6.51. The molecule has 0 unspecified atom stereocenters. The van der Waals surface area contributed by atoms with Gasteiger partial charge in [-0.1, -0.05) is 5.16 Å². The van der Waals surface area contributed by atoms with Gasteiger partial charge >= 0.3 is 0 Å². The van der Waals surface area contributed by atoms with Crippen molar-refractivity contribution in [1.82, 2.24) is 0 Å². The number of amidine groups is 1. The number of rotatable bonds is 9. The van der Waals surface area contributed by atoms with Crippen molar-refractivity contribution in [3.8, 4) is 11.3 Å². The predicted octanol–water partition coefficient (Wildman–Crippen LogP) is 2.66. The van der Waals surface area contributed by atoms with Crippen LogP contribution in [-0.4, -0.2) is 46.4 Å². The molecule has 0 saturated heterocycles. The largest absolute Gasteiger partial charge is 0.455 e. The number of hydrogen-bond acceptors (Lipinski definition) is 7. The van der Waals surface area contributed by atoms with Gasteiger partial charge in [0.05, 0.1) is 23.3 Å². The molecule has 1 aromatic heterocycles. The van der Waals surface area contributed by atoms with Gasteiger partial charge in [0, 0.05) is 23.6 Å². The van der Waals surface area contributed by atoms with E-state index in [-0.39, 0.29) is 41.8 Å². The van der Waals surface area contributed by atoms with Crippen LogP contribution in [0, 0.1) is 5.82 Å². The first-order chi connectivity index (χ1) is 16.4. The SMILES string of the molecule is CS(=O)(=O)N(CCCS(N)(=O)=O)c1cc2oc(-c3ccc(F)cc3)c(C(N)=NO)c2cc1C1CC1. The van der Waals surface area contributed by atoms with Gasteiger partial charge in [-0.2, -0.15) is 0 Å². The van der Waals surface area contributed by atoms with Crippen LogP contribution in [0.1, 0.15) is 36.3 Å². The summed E-state index contributed by atoms with van der Waals surface area (Å²) in [6, 6.07) is 8.78. The van der Waals surface area contributed by atoms with Crippen LogP contribution in [0.2, 0.25) is 0 Å². The number of nitrogens with two attached hydrogens (primary N) is 2. The molecule has 0 aliphatic heterocycles. The van der Waals surface area contributed by atoms with E-state index >= 15 is 0 Å². The highest BCUT2D eigenvalue weighted by Crippen LogP contribution is 2.48. The van der Waals surface area contributed by atoms with Gasteiger partial charge in [0.1, 0.15) is 17.2 Å². The molecule has 0 spiro atoms. The summed E-state index contributed by atoms with van der Waals surface area (Å²) in [5.41, 5.74) is 8.10. The number of hydrogen-bond donors (Lipinski definition) is 3. The van der Waals surface area contributed by atoms with Gasteiger partial charge in [-0.15, -0.1) is 0 Å². The first kappa shape index (κ1) is 24.9. The minimum Gasteiger partial charge on any atom is -0.455 e. The minimum atomic E-state index is -3.79. The lowest BCUT2D eigenvalue weighted by molar-refractivity contribution is 0.318. The van der Waals surface area contributed by atoms with Crippen LogP contribution in [0.5, 0.6) is 0 Å². The molecule has 35 heavy (non-hydrogen) atoms. The molecule has 1 aliphatic carbocycles. The Morgan fingerprint density at radius 2 is 1.86 bits per heavy atom. The molecule has 1 heterocycles. The fourth-order valence-electron chi connectivity index (χ4n) is 4.07. The van der Waals surface area contributed by atoms with Crippen LogP contribution >= 0.6 is 0 Å². The Labute approximate surface area is 202 Å². The summed E-state index contributed by atoms with van der Waals surface area (Å²) in [5, 5.41) is 18.1. The lowest BCUT2D eigenvalue weighted by atomic mass is 10.0. The molecule has 4 rings (SSSR count). The summed E-state index contributed by atoms with van der Waals surface area (Å²) >= 11 is 0. The first-order valence-corrected chi connectivity index (χ1v) is 14.3. The second-order valence-electron chi connectivity index (χ2n) is 8.54. The molecule has 0 bridgehead atoms. The van der Waals surface area contributed by atoms with Crippen molar-refractivity contribution >= 4 is 42.5 Å². The highest BCUT2D eigenvalue weighted by atomic mass is 32.2. The Hall–Kier alpha value is -3.16. The zero-order valence-electron chi connectivity index (χ0n) is 18.8. The second kappa shape index (κ2) is 9.13. The van der Waals surface area contributed by atoms with Gasteiger partial charge in [-0.3, -0.25) is 4.31 Å². The molecule has 10 nitrogen and oxygen atoms in total. The number of sulfonamides is 2. The van der Waals surface area contributed by atoms with Crippen molar-refractivity contribution in [2.24, 2.45) is 16.0 Å². The van der Waals surface area contributed by atoms with Crippen LogP contribution in [0.4, 0.5) is 10.1 Å². The molecule has 1 fully saturated rings. The summed E-state index contributed by atoms with van der Waals surface area (Å²) in [6.07, 6.45) is 2.73. The molecule has 188 valence electrons. The van der Waals surface area contributed by atoms with E-state index in [2.05, 4.69) is 5.16 Å². The van der Waals surface area contributed by atoms with Crippen LogP contribution < -0.4 is 15.2 Å². The maximum atomic E-state index is 13.5. The van der Waals surface area contributed by atoms with Gasteiger partial charge < -0.3 is 15.4 Å². The standard InChI is InChI=1S/C22H25FN4O6S2/c1-34(29,30)27(9-2-10-35(25,31)32)18-12-19-17(11-16(18)13-3-4-13)20(22(24)26-28)21(33-19)14-5-7-15(23)8-6-14/h5-8,11-13,28H,2-4,9-10H2,1H3,(H2,24,26)(H2,25,31,32). The van der Waals surface area contributed by atoms with E-state index in [1.165, 1.54) is 24.3 Å². The van der Waals surface area contributed by atoms with Gasteiger partial charge in [0.25, 0.3) is 0 Å². The fraction of sp³-hybridized carbons (Fsp3) is 0.318. The maximum Gasteiger partial charge on any atom is 0.232 e. The van der Waals surface area contributed by atoms with Gasteiger partial charge in [0.15, 0.2) is 5.84 Å². The van der Waals surface area contributed by atoms with Crippen molar-refractivity contribution in [2.45, 2.75) is 25.2 Å². The maximum absolute atomic E-state index is 13.5.